The molecule has 3 heteroatoms. The lowest BCUT2D eigenvalue weighted by atomic mass is 9.76. The Labute approximate surface area is 73.0 Å². The summed E-state index contributed by atoms with van der Waals surface area (Å²) >= 11 is 0. The molecule has 1 N–H and O–H groups in total. The number of nitriles is 1. The van der Waals surface area contributed by atoms with E-state index in [0.29, 0.717) is 10.8 Å². The van der Waals surface area contributed by atoms with Crippen molar-refractivity contribution in [1.82, 2.24) is 0 Å². The van der Waals surface area contributed by atoms with Gasteiger partial charge in [-0.1, -0.05) is 0 Å². The maximum absolute atomic E-state index is 9.63. The van der Waals surface area contributed by atoms with Crippen LogP contribution in [0.1, 0.15) is 25.7 Å². The predicted octanol–water partition coefficient (Wildman–Crippen LogP) is 0.557. The molecule has 12 heavy (non-hydrogen) atoms. The number of aliphatic hydroxyl groups is 1. The highest BCUT2D eigenvalue weighted by molar-refractivity contribution is 6.17. The molecule has 0 aromatic heterocycles. The van der Waals surface area contributed by atoms with Crippen LogP contribution in [0.25, 0.3) is 0 Å². The SMILES string of the molecule is [B]C(O)(C#N)C1C2(CC2)C12CC2. The second-order valence-corrected chi connectivity index (χ2v) is 4.68. The summed E-state index contributed by atoms with van der Waals surface area (Å²) in [6, 6.07) is 1.83. The van der Waals surface area contributed by atoms with Crippen LogP contribution in [0.3, 0.4) is 0 Å². The van der Waals surface area contributed by atoms with Gasteiger partial charge in [-0.05, 0) is 36.5 Å². The van der Waals surface area contributed by atoms with Crippen LogP contribution >= 0.6 is 0 Å². The van der Waals surface area contributed by atoms with Crippen molar-refractivity contribution in [2.75, 3.05) is 0 Å². The molecular weight excluding hydrogens is 149 g/mol. The highest BCUT2D eigenvalue weighted by atomic mass is 16.3. The van der Waals surface area contributed by atoms with E-state index in [9.17, 15) is 5.11 Å². The van der Waals surface area contributed by atoms with Gasteiger partial charge in [0.15, 0.2) is 0 Å². The van der Waals surface area contributed by atoms with Crippen LogP contribution in [0.2, 0.25) is 0 Å². The van der Waals surface area contributed by atoms with E-state index < -0.39 is 5.50 Å². The zero-order valence-corrected chi connectivity index (χ0v) is 6.88. The predicted molar refractivity (Wildman–Crippen MR) is 43.1 cm³/mol. The van der Waals surface area contributed by atoms with Crippen LogP contribution in [0.5, 0.6) is 0 Å². The minimum atomic E-state index is -1.55. The molecular formula is C9H10BNO. The van der Waals surface area contributed by atoms with Gasteiger partial charge in [0.2, 0.25) is 0 Å². The minimum absolute atomic E-state index is 0.0856. The van der Waals surface area contributed by atoms with Crippen molar-refractivity contribution in [3.63, 3.8) is 0 Å². The molecule has 0 bridgehead atoms. The van der Waals surface area contributed by atoms with Crippen LogP contribution < -0.4 is 0 Å². The topological polar surface area (TPSA) is 44.0 Å². The van der Waals surface area contributed by atoms with Crippen LogP contribution in [0, 0.1) is 28.1 Å². The van der Waals surface area contributed by atoms with Gasteiger partial charge < -0.3 is 5.11 Å². The Hall–Kier alpha value is -0.485. The van der Waals surface area contributed by atoms with E-state index in [1.165, 1.54) is 25.7 Å². The molecule has 1 atom stereocenters. The number of fused-ring (bicyclic) bond motifs is 1. The van der Waals surface area contributed by atoms with Crippen LogP contribution in [0.15, 0.2) is 0 Å². The van der Waals surface area contributed by atoms with Crippen molar-refractivity contribution >= 4 is 7.85 Å². The number of nitrogens with zero attached hydrogens (tertiary/aromatic N) is 1. The third-order valence-corrected chi connectivity index (χ3v) is 4.21. The molecule has 3 aliphatic carbocycles. The molecule has 0 aliphatic heterocycles. The van der Waals surface area contributed by atoms with E-state index in [4.69, 9.17) is 13.1 Å². The van der Waals surface area contributed by atoms with Gasteiger partial charge in [0.05, 0.1) is 6.07 Å². The van der Waals surface area contributed by atoms with Gasteiger partial charge in [-0.25, -0.2) is 0 Å². The van der Waals surface area contributed by atoms with E-state index in [-0.39, 0.29) is 5.92 Å². The fraction of sp³-hybridized carbons (Fsp3) is 0.889. The Bertz CT molecular complexity index is 278. The summed E-state index contributed by atoms with van der Waals surface area (Å²) < 4.78 is 0. The van der Waals surface area contributed by atoms with E-state index in [0.717, 1.165) is 0 Å². The van der Waals surface area contributed by atoms with Gasteiger partial charge in [0.25, 0.3) is 0 Å². The number of hydrogen-bond acceptors (Lipinski definition) is 2. The Morgan fingerprint density at radius 1 is 1.33 bits per heavy atom. The summed E-state index contributed by atoms with van der Waals surface area (Å²) in [5.74, 6) is 0.0856. The van der Waals surface area contributed by atoms with E-state index in [1.807, 2.05) is 6.07 Å². The maximum atomic E-state index is 9.63. The Kier molecular flexibility index (Phi) is 0.849. The summed E-state index contributed by atoms with van der Waals surface area (Å²) in [4.78, 5) is 0. The van der Waals surface area contributed by atoms with Crippen molar-refractivity contribution in [3.05, 3.63) is 0 Å². The third-order valence-electron chi connectivity index (χ3n) is 4.21. The average Bonchev–Trinajstić information content (AvgIpc) is 2.83. The van der Waals surface area contributed by atoms with Gasteiger partial charge in [-0.3, -0.25) is 0 Å². The Morgan fingerprint density at radius 2 is 1.75 bits per heavy atom. The Morgan fingerprint density at radius 3 is 2.00 bits per heavy atom. The molecule has 0 amide bonds. The molecule has 3 fully saturated rings. The summed E-state index contributed by atoms with van der Waals surface area (Å²) in [5.41, 5.74) is -0.925. The molecule has 2 radical (unpaired) electrons. The van der Waals surface area contributed by atoms with Crippen molar-refractivity contribution in [3.8, 4) is 6.07 Å². The third kappa shape index (κ3) is 0.490. The van der Waals surface area contributed by atoms with Gasteiger partial charge in [-0.2, -0.15) is 5.26 Å². The molecule has 0 heterocycles. The quantitative estimate of drug-likeness (QED) is 0.448. The van der Waals surface area contributed by atoms with Crippen molar-refractivity contribution < 1.29 is 5.11 Å². The zero-order chi connectivity index (χ0) is 8.61. The van der Waals surface area contributed by atoms with Crippen molar-refractivity contribution in [1.29, 1.82) is 5.26 Å². The lowest BCUT2D eigenvalue weighted by Crippen LogP contribution is -2.31. The largest absolute Gasteiger partial charge is 0.385 e. The summed E-state index contributed by atoms with van der Waals surface area (Å²) in [7, 11) is 5.55. The first kappa shape index (κ1) is 6.97. The smallest absolute Gasteiger partial charge is 0.135 e. The fourth-order valence-corrected chi connectivity index (χ4v) is 3.49. The van der Waals surface area contributed by atoms with E-state index in [1.54, 1.807) is 0 Å². The lowest BCUT2D eigenvalue weighted by molar-refractivity contribution is 0.147. The zero-order valence-electron chi connectivity index (χ0n) is 6.88. The first-order valence-electron chi connectivity index (χ1n) is 4.52. The highest BCUT2D eigenvalue weighted by Crippen LogP contribution is 2.93. The molecule has 0 aromatic rings. The van der Waals surface area contributed by atoms with E-state index in [2.05, 4.69) is 0 Å². The molecule has 1 unspecified atom stereocenters. The fourth-order valence-electron chi connectivity index (χ4n) is 3.49. The monoisotopic (exact) mass is 159 g/mol. The second-order valence-electron chi connectivity index (χ2n) is 4.68. The van der Waals surface area contributed by atoms with Crippen LogP contribution in [0.4, 0.5) is 0 Å². The number of hydrogen-bond donors (Lipinski definition) is 1. The first-order chi connectivity index (χ1) is 5.59. The average molecular weight is 159 g/mol. The second kappa shape index (κ2) is 1.46. The summed E-state index contributed by atoms with van der Waals surface area (Å²) in [6.45, 7) is 0. The van der Waals surface area contributed by atoms with E-state index >= 15 is 0 Å². The molecule has 3 aliphatic rings. The van der Waals surface area contributed by atoms with Crippen LogP contribution in [-0.4, -0.2) is 18.5 Å². The molecule has 2 nitrogen and oxygen atoms in total. The van der Waals surface area contributed by atoms with Gasteiger partial charge in [-0.15, -0.1) is 0 Å². The maximum Gasteiger partial charge on any atom is 0.135 e. The molecule has 3 saturated carbocycles. The number of rotatable bonds is 1. The lowest BCUT2D eigenvalue weighted by Gasteiger charge is -2.14. The highest BCUT2D eigenvalue weighted by Gasteiger charge is 2.89. The van der Waals surface area contributed by atoms with Gasteiger partial charge in [0, 0.05) is 5.92 Å². The molecule has 60 valence electrons. The first-order valence-corrected chi connectivity index (χ1v) is 4.52. The van der Waals surface area contributed by atoms with Gasteiger partial charge in [0.1, 0.15) is 13.3 Å². The Balaban J connectivity index is 1.94. The molecule has 0 saturated heterocycles. The minimum Gasteiger partial charge on any atom is -0.385 e. The molecule has 2 spiro atoms. The standard InChI is InChI=1S/C9H10BNO/c10-9(12,5-11)6-7(1-2-7)8(6)3-4-8/h6,12H,1-4H2. The summed E-state index contributed by atoms with van der Waals surface area (Å²) in [5, 5.41) is 18.3. The molecule has 3 rings (SSSR count). The van der Waals surface area contributed by atoms with Crippen molar-refractivity contribution in [2.24, 2.45) is 16.7 Å². The normalized spacial score (nSPS) is 41.8. The molecule has 0 aromatic carbocycles. The van der Waals surface area contributed by atoms with Gasteiger partial charge >= 0.3 is 0 Å². The summed E-state index contributed by atoms with van der Waals surface area (Å²) in [6.07, 6.45) is 4.72. The van der Waals surface area contributed by atoms with Crippen molar-refractivity contribution in [2.45, 2.75) is 31.2 Å². The van der Waals surface area contributed by atoms with Crippen LogP contribution in [-0.2, 0) is 0 Å².